The molecule has 0 saturated heterocycles. The second kappa shape index (κ2) is 8.09. The van der Waals surface area contributed by atoms with Crippen molar-refractivity contribution in [2.45, 2.75) is 12.5 Å². The van der Waals surface area contributed by atoms with E-state index in [1.807, 2.05) is 43.3 Å². The van der Waals surface area contributed by atoms with Gasteiger partial charge in [0, 0.05) is 11.6 Å². The topological polar surface area (TPSA) is 32.3 Å². The lowest BCUT2D eigenvalue weighted by Crippen LogP contribution is -2.35. The zero-order valence-electron chi connectivity index (χ0n) is 13.2. The van der Waals surface area contributed by atoms with Crippen LogP contribution in [0.4, 0.5) is 4.39 Å². The number of likely N-dealkylation sites (N-methyl/N-ethyl adjacent to an activating group) is 1. The van der Waals surface area contributed by atoms with Crippen molar-refractivity contribution in [3.8, 4) is 0 Å². The predicted molar refractivity (Wildman–Crippen MR) is 91.0 cm³/mol. The first-order valence-electron chi connectivity index (χ1n) is 7.39. The molecule has 0 aliphatic heterocycles. The van der Waals surface area contributed by atoms with Gasteiger partial charge in [0.1, 0.15) is 5.82 Å². The Morgan fingerprint density at radius 1 is 1.22 bits per heavy atom. The number of amides is 1. The maximum atomic E-state index is 13.4. The van der Waals surface area contributed by atoms with Gasteiger partial charge in [-0.15, -0.1) is 0 Å². The van der Waals surface area contributed by atoms with Gasteiger partial charge in [0.2, 0.25) is 5.91 Å². The van der Waals surface area contributed by atoms with Crippen LogP contribution in [0.15, 0.2) is 48.5 Å². The summed E-state index contributed by atoms with van der Waals surface area (Å²) in [5.41, 5.74) is 1.62. The molecule has 0 spiro atoms. The molecule has 0 heterocycles. The summed E-state index contributed by atoms with van der Waals surface area (Å²) in [6.07, 6.45) is 0.225. The fourth-order valence-electron chi connectivity index (χ4n) is 2.40. The van der Waals surface area contributed by atoms with Crippen LogP contribution in [0, 0.1) is 5.82 Å². The van der Waals surface area contributed by atoms with Gasteiger partial charge in [-0.1, -0.05) is 41.9 Å². The number of hydrogen-bond donors (Lipinski definition) is 1. The number of nitrogens with zero attached hydrogens (tertiary/aromatic N) is 1. The second-order valence-corrected chi connectivity index (χ2v) is 6.01. The zero-order chi connectivity index (χ0) is 16.8. The van der Waals surface area contributed by atoms with Crippen molar-refractivity contribution in [2.24, 2.45) is 0 Å². The van der Waals surface area contributed by atoms with E-state index in [1.165, 1.54) is 12.1 Å². The number of rotatable bonds is 6. The molecule has 122 valence electrons. The number of carbonyl (C=O) groups excluding carboxylic acids is 1. The third-order valence-electron chi connectivity index (χ3n) is 3.66. The van der Waals surface area contributed by atoms with Crippen LogP contribution in [-0.2, 0) is 11.2 Å². The lowest BCUT2D eigenvalue weighted by atomic mass is 10.1. The summed E-state index contributed by atoms with van der Waals surface area (Å²) in [6.45, 7) is 0.403. The maximum absolute atomic E-state index is 13.4. The number of halogens is 2. The molecule has 1 unspecified atom stereocenters. The zero-order valence-corrected chi connectivity index (χ0v) is 14.0. The van der Waals surface area contributed by atoms with Crippen molar-refractivity contribution in [3.63, 3.8) is 0 Å². The Balaban J connectivity index is 1.99. The molecule has 0 fully saturated rings. The Bertz CT molecular complexity index is 676. The Kier molecular flexibility index (Phi) is 6.13. The smallest absolute Gasteiger partial charge is 0.224 e. The molecule has 0 aromatic heterocycles. The average Bonchev–Trinajstić information content (AvgIpc) is 2.49. The number of benzene rings is 2. The molecule has 23 heavy (non-hydrogen) atoms. The Morgan fingerprint density at radius 2 is 1.96 bits per heavy atom. The van der Waals surface area contributed by atoms with E-state index in [1.54, 1.807) is 12.1 Å². The summed E-state index contributed by atoms with van der Waals surface area (Å²) >= 11 is 6.06. The van der Waals surface area contributed by atoms with Gasteiger partial charge in [-0.2, -0.15) is 0 Å². The van der Waals surface area contributed by atoms with Gasteiger partial charge in [-0.05, 0) is 43.4 Å². The van der Waals surface area contributed by atoms with Gasteiger partial charge >= 0.3 is 0 Å². The fraction of sp³-hybridized carbons (Fsp3) is 0.278. The summed E-state index contributed by atoms with van der Waals surface area (Å²) in [4.78, 5) is 14.1. The standard InChI is InChI=1S/C18H20ClFN2O/c1-22(2)17(14-7-5-8-15(20)10-14)12-21-18(23)11-13-6-3-4-9-16(13)19/h3-10,17H,11-12H2,1-2H3,(H,21,23). The second-order valence-electron chi connectivity index (χ2n) is 5.61. The van der Waals surface area contributed by atoms with Crippen LogP contribution >= 0.6 is 11.6 Å². The van der Waals surface area contributed by atoms with E-state index in [-0.39, 0.29) is 24.2 Å². The van der Waals surface area contributed by atoms with Crippen LogP contribution < -0.4 is 5.32 Å². The van der Waals surface area contributed by atoms with Crippen molar-refractivity contribution >= 4 is 17.5 Å². The van der Waals surface area contributed by atoms with Crippen molar-refractivity contribution in [1.82, 2.24) is 10.2 Å². The molecule has 2 rings (SSSR count). The first kappa shape index (κ1) is 17.4. The lowest BCUT2D eigenvalue weighted by Gasteiger charge is -2.25. The van der Waals surface area contributed by atoms with Crippen molar-refractivity contribution in [3.05, 3.63) is 70.5 Å². The molecule has 0 bridgehead atoms. The molecule has 2 aromatic carbocycles. The number of nitrogens with one attached hydrogen (secondary N) is 1. The molecular formula is C18H20ClFN2O. The van der Waals surface area contributed by atoms with E-state index in [9.17, 15) is 9.18 Å². The van der Waals surface area contributed by atoms with Crippen molar-refractivity contribution in [2.75, 3.05) is 20.6 Å². The highest BCUT2D eigenvalue weighted by Crippen LogP contribution is 2.19. The molecule has 0 saturated carbocycles. The van der Waals surface area contributed by atoms with Crippen molar-refractivity contribution in [1.29, 1.82) is 0 Å². The summed E-state index contributed by atoms with van der Waals surface area (Å²) in [5, 5.41) is 3.48. The minimum absolute atomic E-state index is 0.0964. The fourth-order valence-corrected chi connectivity index (χ4v) is 2.60. The minimum atomic E-state index is -0.281. The van der Waals surface area contributed by atoms with Crippen LogP contribution in [-0.4, -0.2) is 31.4 Å². The lowest BCUT2D eigenvalue weighted by molar-refractivity contribution is -0.120. The third kappa shape index (κ3) is 5.05. The van der Waals surface area contributed by atoms with Gasteiger partial charge in [-0.3, -0.25) is 4.79 Å². The normalized spacial score (nSPS) is 12.2. The molecule has 5 heteroatoms. The van der Waals surface area contributed by atoms with Gasteiger partial charge in [0.25, 0.3) is 0 Å². The van der Waals surface area contributed by atoms with Crippen LogP contribution in [0.2, 0.25) is 5.02 Å². The summed E-state index contributed by atoms with van der Waals surface area (Å²) in [6, 6.07) is 13.6. The van der Waals surface area contributed by atoms with E-state index in [4.69, 9.17) is 11.6 Å². The summed E-state index contributed by atoms with van der Waals surface area (Å²) in [5.74, 6) is -0.391. The van der Waals surface area contributed by atoms with Crippen LogP contribution in [0.3, 0.4) is 0 Å². The molecule has 0 aliphatic rings. The third-order valence-corrected chi connectivity index (χ3v) is 4.03. The predicted octanol–water partition coefficient (Wildman–Crippen LogP) is 3.44. The molecule has 0 aliphatic carbocycles. The number of carbonyl (C=O) groups is 1. The highest BCUT2D eigenvalue weighted by Gasteiger charge is 2.16. The number of hydrogen-bond acceptors (Lipinski definition) is 2. The molecule has 1 N–H and O–H groups in total. The van der Waals surface area contributed by atoms with E-state index >= 15 is 0 Å². The first-order valence-corrected chi connectivity index (χ1v) is 7.77. The van der Waals surface area contributed by atoms with Crippen LogP contribution in [0.25, 0.3) is 0 Å². The average molecular weight is 335 g/mol. The summed E-state index contributed by atoms with van der Waals surface area (Å²) < 4.78 is 13.4. The molecule has 0 radical (unpaired) electrons. The minimum Gasteiger partial charge on any atom is -0.354 e. The highest BCUT2D eigenvalue weighted by atomic mass is 35.5. The van der Waals surface area contributed by atoms with Crippen LogP contribution in [0.1, 0.15) is 17.2 Å². The molecular weight excluding hydrogens is 315 g/mol. The van der Waals surface area contributed by atoms with Gasteiger partial charge < -0.3 is 10.2 Å². The Labute approximate surface area is 141 Å². The van der Waals surface area contributed by atoms with Crippen LogP contribution in [0.5, 0.6) is 0 Å². The molecule has 3 nitrogen and oxygen atoms in total. The maximum Gasteiger partial charge on any atom is 0.224 e. The SMILES string of the molecule is CN(C)C(CNC(=O)Cc1ccccc1Cl)c1cccc(F)c1. The van der Waals surface area contributed by atoms with E-state index in [2.05, 4.69) is 5.32 Å². The monoisotopic (exact) mass is 334 g/mol. The largest absolute Gasteiger partial charge is 0.354 e. The molecule has 1 atom stereocenters. The van der Waals surface area contributed by atoms with Gasteiger partial charge in [0.15, 0.2) is 0 Å². The van der Waals surface area contributed by atoms with Gasteiger partial charge in [-0.25, -0.2) is 4.39 Å². The van der Waals surface area contributed by atoms with E-state index < -0.39 is 0 Å². The molecule has 1 amide bonds. The quantitative estimate of drug-likeness (QED) is 0.877. The first-order chi connectivity index (χ1) is 11.0. The molecule has 2 aromatic rings. The Hall–Kier alpha value is -1.91. The van der Waals surface area contributed by atoms with E-state index in [0.717, 1.165) is 11.1 Å². The Morgan fingerprint density at radius 3 is 2.61 bits per heavy atom. The van der Waals surface area contributed by atoms with E-state index in [0.29, 0.717) is 11.6 Å². The van der Waals surface area contributed by atoms with Crippen molar-refractivity contribution < 1.29 is 9.18 Å². The summed E-state index contributed by atoms with van der Waals surface area (Å²) in [7, 11) is 3.80. The van der Waals surface area contributed by atoms with Gasteiger partial charge in [0.05, 0.1) is 12.5 Å². The highest BCUT2D eigenvalue weighted by molar-refractivity contribution is 6.31.